The third-order valence-electron chi connectivity index (χ3n) is 11.7. The molecule has 1 aliphatic carbocycles. The van der Waals surface area contributed by atoms with Crippen molar-refractivity contribution in [2.24, 2.45) is 0 Å². The van der Waals surface area contributed by atoms with Gasteiger partial charge in [0.15, 0.2) is 0 Å². The Bertz CT molecular complexity index is 3080. The zero-order valence-electron chi connectivity index (χ0n) is 30.9. The Balaban J connectivity index is 1.03. The van der Waals surface area contributed by atoms with Gasteiger partial charge in [0.05, 0.1) is 11.4 Å². The lowest BCUT2D eigenvalue weighted by molar-refractivity contribution is 1.21. The van der Waals surface area contributed by atoms with Gasteiger partial charge in [-0.15, -0.1) is 0 Å². The Labute approximate surface area is 327 Å². The molecule has 0 amide bonds. The number of benzene rings is 10. The summed E-state index contributed by atoms with van der Waals surface area (Å²) >= 11 is 0. The summed E-state index contributed by atoms with van der Waals surface area (Å²) in [4.78, 5) is 2.50. The Morgan fingerprint density at radius 1 is 0.304 bits per heavy atom. The molecule has 0 fully saturated rings. The van der Waals surface area contributed by atoms with Gasteiger partial charge in [0.25, 0.3) is 0 Å². The van der Waals surface area contributed by atoms with Crippen molar-refractivity contribution in [1.82, 2.24) is 0 Å². The highest BCUT2D eigenvalue weighted by atomic mass is 15.1. The molecule has 0 radical (unpaired) electrons. The Kier molecular flexibility index (Phi) is 7.64. The molecule has 0 bridgehead atoms. The van der Waals surface area contributed by atoms with Crippen molar-refractivity contribution in [2.45, 2.75) is 6.42 Å². The second-order valence-electron chi connectivity index (χ2n) is 14.9. The van der Waals surface area contributed by atoms with E-state index >= 15 is 0 Å². The molecule has 11 rings (SSSR count). The topological polar surface area (TPSA) is 3.24 Å². The van der Waals surface area contributed by atoms with Gasteiger partial charge in [0, 0.05) is 17.5 Å². The number of anilines is 3. The highest BCUT2D eigenvalue weighted by molar-refractivity contribution is 6.15. The van der Waals surface area contributed by atoms with Crippen LogP contribution in [0, 0.1) is 0 Å². The predicted molar refractivity (Wildman–Crippen MR) is 238 cm³/mol. The zero-order valence-corrected chi connectivity index (χ0v) is 30.9. The van der Waals surface area contributed by atoms with E-state index in [0.717, 1.165) is 12.1 Å². The lowest BCUT2D eigenvalue weighted by atomic mass is 9.96. The van der Waals surface area contributed by atoms with Crippen molar-refractivity contribution in [3.05, 3.63) is 223 Å². The second kappa shape index (κ2) is 13.3. The van der Waals surface area contributed by atoms with Crippen LogP contribution in [0.3, 0.4) is 0 Å². The van der Waals surface area contributed by atoms with Gasteiger partial charge in [0.1, 0.15) is 0 Å². The number of fused-ring (bicyclic) bond motifs is 7. The van der Waals surface area contributed by atoms with Crippen LogP contribution in [0.2, 0.25) is 0 Å². The van der Waals surface area contributed by atoms with Gasteiger partial charge in [-0.2, -0.15) is 0 Å². The minimum absolute atomic E-state index is 0.888. The number of hydrogen-bond donors (Lipinski definition) is 0. The van der Waals surface area contributed by atoms with Crippen molar-refractivity contribution in [3.8, 4) is 44.5 Å². The molecular weight excluding hydrogens is 675 g/mol. The summed E-state index contributed by atoms with van der Waals surface area (Å²) in [5.74, 6) is 0. The molecule has 0 spiro atoms. The molecule has 0 N–H and O–H groups in total. The second-order valence-corrected chi connectivity index (χ2v) is 14.9. The average Bonchev–Trinajstić information content (AvgIpc) is 3.66. The minimum Gasteiger partial charge on any atom is -0.310 e. The van der Waals surface area contributed by atoms with Crippen molar-refractivity contribution < 1.29 is 0 Å². The summed E-state index contributed by atoms with van der Waals surface area (Å²) in [6.45, 7) is 0. The van der Waals surface area contributed by atoms with Crippen LogP contribution in [0.5, 0.6) is 0 Å². The van der Waals surface area contributed by atoms with Gasteiger partial charge in [-0.1, -0.05) is 176 Å². The van der Waals surface area contributed by atoms with Crippen molar-refractivity contribution in [2.75, 3.05) is 4.90 Å². The van der Waals surface area contributed by atoms with Gasteiger partial charge < -0.3 is 4.90 Å². The molecule has 56 heavy (non-hydrogen) atoms. The van der Waals surface area contributed by atoms with Crippen LogP contribution in [-0.4, -0.2) is 0 Å². The summed E-state index contributed by atoms with van der Waals surface area (Å²) in [5.41, 5.74) is 16.3. The third kappa shape index (κ3) is 5.48. The van der Waals surface area contributed by atoms with Gasteiger partial charge in [-0.05, 0) is 119 Å². The number of rotatable bonds is 6. The quantitative estimate of drug-likeness (QED) is 0.155. The first-order valence-corrected chi connectivity index (χ1v) is 19.5. The van der Waals surface area contributed by atoms with Crippen molar-refractivity contribution >= 4 is 49.4 Å². The molecule has 0 saturated carbocycles. The minimum atomic E-state index is 0.888. The first kappa shape index (κ1) is 32.2. The maximum Gasteiger partial charge on any atom is 0.0546 e. The van der Waals surface area contributed by atoms with E-state index in [0.29, 0.717) is 0 Å². The molecule has 1 nitrogen and oxygen atoms in total. The van der Waals surface area contributed by atoms with E-state index in [2.05, 4.69) is 217 Å². The van der Waals surface area contributed by atoms with Crippen LogP contribution in [0.1, 0.15) is 11.1 Å². The first-order chi connectivity index (χ1) is 27.7. The van der Waals surface area contributed by atoms with E-state index in [-0.39, 0.29) is 0 Å². The van der Waals surface area contributed by atoms with Gasteiger partial charge in [-0.25, -0.2) is 0 Å². The monoisotopic (exact) mass is 711 g/mol. The smallest absolute Gasteiger partial charge is 0.0546 e. The fourth-order valence-corrected chi connectivity index (χ4v) is 8.86. The molecule has 1 aliphatic rings. The van der Waals surface area contributed by atoms with E-state index < -0.39 is 0 Å². The van der Waals surface area contributed by atoms with E-state index in [1.54, 1.807) is 0 Å². The van der Waals surface area contributed by atoms with Gasteiger partial charge in [-0.3, -0.25) is 0 Å². The SMILES string of the molecule is c1ccc(-c2ccc3c(c2)-c2cccc(N(c4ccc(-c5ccc(-c6ccc7ccccc7c6)cc5)cc4)c4cc5ccccc5c5ccccc45)c2C3)cc1. The lowest BCUT2D eigenvalue weighted by Crippen LogP contribution is -2.12. The fraction of sp³-hybridized carbons (Fsp3) is 0.0182. The maximum absolute atomic E-state index is 2.50. The molecular formula is C55H37N. The van der Waals surface area contributed by atoms with Crippen LogP contribution in [0.4, 0.5) is 17.1 Å². The van der Waals surface area contributed by atoms with Crippen LogP contribution in [-0.2, 0) is 6.42 Å². The molecule has 262 valence electrons. The highest BCUT2D eigenvalue weighted by Gasteiger charge is 2.26. The summed E-state index contributed by atoms with van der Waals surface area (Å²) in [6, 6.07) is 78.0. The molecule has 0 heterocycles. The molecule has 0 saturated heterocycles. The normalized spacial score (nSPS) is 11.9. The Morgan fingerprint density at radius 2 is 0.875 bits per heavy atom. The van der Waals surface area contributed by atoms with Crippen molar-refractivity contribution in [3.63, 3.8) is 0 Å². The molecule has 0 aliphatic heterocycles. The molecule has 0 atom stereocenters. The standard InChI is InChI=1S/C55H37N/c1-2-11-37(12-3-1)44-27-28-46-35-53-50(52(46)34-44)19-10-20-54(53)56(55-36-45-15-6-7-16-48(45)49-17-8-9-18-51(49)55)47-31-29-40(30-32-47)39-21-23-41(24-22-39)43-26-25-38-13-4-5-14-42(38)33-43/h1-34,36H,35H2. The van der Waals surface area contributed by atoms with Crippen LogP contribution in [0.25, 0.3) is 76.8 Å². The average molecular weight is 712 g/mol. The summed E-state index contributed by atoms with van der Waals surface area (Å²) in [5, 5.41) is 7.53. The van der Waals surface area contributed by atoms with Crippen LogP contribution < -0.4 is 4.90 Å². The first-order valence-electron chi connectivity index (χ1n) is 19.5. The van der Waals surface area contributed by atoms with Gasteiger partial charge >= 0.3 is 0 Å². The maximum atomic E-state index is 2.50. The highest BCUT2D eigenvalue weighted by Crippen LogP contribution is 2.49. The summed E-state index contributed by atoms with van der Waals surface area (Å²) in [6.07, 6.45) is 0.888. The summed E-state index contributed by atoms with van der Waals surface area (Å²) < 4.78 is 0. The largest absolute Gasteiger partial charge is 0.310 e. The van der Waals surface area contributed by atoms with E-state index in [1.807, 2.05) is 0 Å². The van der Waals surface area contributed by atoms with Crippen LogP contribution >= 0.6 is 0 Å². The fourth-order valence-electron chi connectivity index (χ4n) is 8.86. The van der Waals surface area contributed by atoms with E-state index in [9.17, 15) is 0 Å². The van der Waals surface area contributed by atoms with E-state index in [4.69, 9.17) is 0 Å². The predicted octanol–water partition coefficient (Wildman–Crippen LogP) is 15.2. The molecule has 10 aromatic carbocycles. The van der Waals surface area contributed by atoms with E-state index in [1.165, 1.54) is 99.3 Å². The lowest BCUT2D eigenvalue weighted by Gasteiger charge is -2.29. The zero-order chi connectivity index (χ0) is 37.0. The third-order valence-corrected chi connectivity index (χ3v) is 11.7. The Morgan fingerprint density at radius 3 is 1.66 bits per heavy atom. The summed E-state index contributed by atoms with van der Waals surface area (Å²) in [7, 11) is 0. The van der Waals surface area contributed by atoms with Crippen molar-refractivity contribution in [1.29, 1.82) is 0 Å². The number of nitrogens with zero attached hydrogens (tertiary/aromatic N) is 1. The molecule has 0 aromatic heterocycles. The Hall–Kier alpha value is -7.22. The molecule has 10 aromatic rings. The van der Waals surface area contributed by atoms with Crippen LogP contribution in [0.15, 0.2) is 212 Å². The van der Waals surface area contributed by atoms with Gasteiger partial charge in [0.2, 0.25) is 0 Å². The molecule has 1 heteroatoms. The number of hydrogen-bond acceptors (Lipinski definition) is 1. The molecule has 0 unspecified atom stereocenters.